The molecule has 1 saturated heterocycles. The number of nitrogens with one attached hydrogen (secondary N) is 1. The van der Waals surface area contributed by atoms with E-state index < -0.39 is 0 Å². The van der Waals surface area contributed by atoms with Crippen LogP contribution >= 0.6 is 15.9 Å². The Balaban J connectivity index is 1.97. The SMILES string of the molecule is COCC1CCCN(C(=O)Nc2ccc(C)cc2Br)C1. The first-order chi connectivity index (χ1) is 9.60. The summed E-state index contributed by atoms with van der Waals surface area (Å²) in [5.74, 6) is 0.445. The minimum absolute atomic E-state index is 0.0321. The Morgan fingerprint density at radius 1 is 1.55 bits per heavy atom. The third kappa shape index (κ3) is 3.96. The van der Waals surface area contributed by atoms with E-state index in [4.69, 9.17) is 4.74 Å². The summed E-state index contributed by atoms with van der Waals surface area (Å²) in [6.45, 7) is 4.33. The molecule has 1 aliphatic rings. The van der Waals surface area contributed by atoms with Gasteiger partial charge in [0.2, 0.25) is 0 Å². The minimum atomic E-state index is -0.0321. The second kappa shape index (κ2) is 7.09. The molecule has 0 radical (unpaired) electrons. The van der Waals surface area contributed by atoms with E-state index >= 15 is 0 Å². The molecule has 1 aromatic rings. The molecule has 2 amide bonds. The van der Waals surface area contributed by atoms with E-state index in [0.717, 1.165) is 48.3 Å². The molecular formula is C15H21BrN2O2. The highest BCUT2D eigenvalue weighted by Gasteiger charge is 2.23. The molecule has 4 nitrogen and oxygen atoms in total. The van der Waals surface area contributed by atoms with E-state index in [0.29, 0.717) is 5.92 Å². The van der Waals surface area contributed by atoms with E-state index in [9.17, 15) is 4.79 Å². The van der Waals surface area contributed by atoms with Gasteiger partial charge in [-0.05, 0) is 53.4 Å². The van der Waals surface area contributed by atoms with E-state index in [1.54, 1.807) is 7.11 Å². The van der Waals surface area contributed by atoms with E-state index in [2.05, 4.69) is 21.2 Å². The lowest BCUT2D eigenvalue weighted by molar-refractivity contribution is 0.104. The number of nitrogens with zero attached hydrogens (tertiary/aromatic N) is 1. The van der Waals surface area contributed by atoms with Crippen LogP contribution in [0.15, 0.2) is 22.7 Å². The maximum atomic E-state index is 12.3. The van der Waals surface area contributed by atoms with Crippen LogP contribution in [0.4, 0.5) is 10.5 Å². The summed E-state index contributed by atoms with van der Waals surface area (Å²) in [6, 6.07) is 5.88. The average molecular weight is 341 g/mol. The predicted octanol–water partition coefficient (Wildman–Crippen LogP) is 3.65. The largest absolute Gasteiger partial charge is 0.384 e. The van der Waals surface area contributed by atoms with Crippen LogP contribution in [0.5, 0.6) is 0 Å². The average Bonchev–Trinajstić information content (AvgIpc) is 2.42. The first kappa shape index (κ1) is 15.3. The van der Waals surface area contributed by atoms with Crippen molar-refractivity contribution in [3.8, 4) is 0 Å². The van der Waals surface area contributed by atoms with E-state index in [-0.39, 0.29) is 6.03 Å². The molecule has 2 rings (SSSR count). The molecule has 1 heterocycles. The molecular weight excluding hydrogens is 320 g/mol. The number of methoxy groups -OCH3 is 1. The second-order valence-corrected chi connectivity index (χ2v) is 6.18. The lowest BCUT2D eigenvalue weighted by Crippen LogP contribution is -2.43. The number of amides is 2. The quantitative estimate of drug-likeness (QED) is 0.912. The van der Waals surface area contributed by atoms with Crippen molar-refractivity contribution < 1.29 is 9.53 Å². The second-order valence-electron chi connectivity index (χ2n) is 5.32. The molecule has 0 spiro atoms. The van der Waals surface area contributed by atoms with Gasteiger partial charge < -0.3 is 15.0 Å². The van der Waals surface area contributed by atoms with Crippen LogP contribution in [-0.4, -0.2) is 37.7 Å². The number of carbonyl (C=O) groups excluding carboxylic acids is 1. The monoisotopic (exact) mass is 340 g/mol. The van der Waals surface area contributed by atoms with Crippen molar-refractivity contribution in [1.82, 2.24) is 4.90 Å². The standard InChI is InChI=1S/C15H21BrN2O2/c1-11-5-6-14(13(16)8-11)17-15(19)18-7-3-4-12(9-18)10-20-2/h5-6,8,12H,3-4,7,9-10H2,1-2H3,(H,17,19). The Morgan fingerprint density at radius 2 is 2.35 bits per heavy atom. The van der Waals surface area contributed by atoms with Gasteiger partial charge in [0.05, 0.1) is 12.3 Å². The molecule has 1 unspecified atom stereocenters. The molecule has 0 saturated carbocycles. The van der Waals surface area contributed by atoms with Gasteiger partial charge in [0, 0.05) is 30.6 Å². The first-order valence-corrected chi connectivity index (χ1v) is 7.70. The summed E-state index contributed by atoms with van der Waals surface area (Å²) >= 11 is 3.48. The van der Waals surface area contributed by atoms with Gasteiger partial charge in [-0.1, -0.05) is 6.07 Å². The third-order valence-electron chi connectivity index (χ3n) is 3.57. The Morgan fingerprint density at radius 3 is 3.05 bits per heavy atom. The van der Waals surface area contributed by atoms with Crippen LogP contribution in [0, 0.1) is 12.8 Å². The van der Waals surface area contributed by atoms with Crippen molar-refractivity contribution >= 4 is 27.6 Å². The molecule has 20 heavy (non-hydrogen) atoms. The normalized spacial score (nSPS) is 18.9. The number of hydrogen-bond donors (Lipinski definition) is 1. The summed E-state index contributed by atoms with van der Waals surface area (Å²) in [5, 5.41) is 2.97. The highest BCUT2D eigenvalue weighted by Crippen LogP contribution is 2.24. The number of urea groups is 1. The predicted molar refractivity (Wildman–Crippen MR) is 84.1 cm³/mol. The van der Waals surface area contributed by atoms with E-state index in [1.807, 2.05) is 30.0 Å². The molecule has 1 aromatic carbocycles. The molecule has 0 aromatic heterocycles. The summed E-state index contributed by atoms with van der Waals surface area (Å²) in [4.78, 5) is 14.2. The zero-order valence-electron chi connectivity index (χ0n) is 12.0. The van der Waals surface area contributed by atoms with Gasteiger partial charge in [-0.25, -0.2) is 4.79 Å². The third-order valence-corrected chi connectivity index (χ3v) is 4.23. The van der Waals surface area contributed by atoms with Gasteiger partial charge in [-0.15, -0.1) is 0 Å². The lowest BCUT2D eigenvalue weighted by atomic mass is 9.99. The van der Waals surface area contributed by atoms with Crippen LogP contribution in [0.1, 0.15) is 18.4 Å². The molecule has 110 valence electrons. The van der Waals surface area contributed by atoms with Crippen molar-refractivity contribution in [2.24, 2.45) is 5.92 Å². The molecule has 1 atom stereocenters. The van der Waals surface area contributed by atoms with Gasteiger partial charge in [-0.3, -0.25) is 0 Å². The van der Waals surface area contributed by atoms with Crippen molar-refractivity contribution in [2.45, 2.75) is 19.8 Å². The number of likely N-dealkylation sites (tertiary alicyclic amines) is 1. The van der Waals surface area contributed by atoms with Gasteiger partial charge in [0.1, 0.15) is 0 Å². The number of halogens is 1. The Labute approximate surface area is 128 Å². The molecule has 0 bridgehead atoms. The van der Waals surface area contributed by atoms with Crippen molar-refractivity contribution in [2.75, 3.05) is 32.1 Å². The maximum Gasteiger partial charge on any atom is 0.321 e. The van der Waals surface area contributed by atoms with Crippen molar-refractivity contribution in [3.63, 3.8) is 0 Å². The molecule has 1 N–H and O–H groups in total. The highest BCUT2D eigenvalue weighted by atomic mass is 79.9. The summed E-state index contributed by atoms with van der Waals surface area (Å²) in [5.41, 5.74) is 1.97. The van der Waals surface area contributed by atoms with Crippen LogP contribution in [0.2, 0.25) is 0 Å². The lowest BCUT2D eigenvalue weighted by Gasteiger charge is -2.32. The number of carbonyl (C=O) groups is 1. The van der Waals surface area contributed by atoms with Gasteiger partial charge in [0.25, 0.3) is 0 Å². The van der Waals surface area contributed by atoms with Crippen molar-refractivity contribution in [1.29, 1.82) is 0 Å². The number of benzene rings is 1. The number of hydrogen-bond acceptors (Lipinski definition) is 2. The number of ether oxygens (including phenoxy) is 1. The number of piperidine rings is 1. The smallest absolute Gasteiger partial charge is 0.321 e. The molecule has 1 aliphatic heterocycles. The van der Waals surface area contributed by atoms with E-state index in [1.165, 1.54) is 0 Å². The van der Waals surface area contributed by atoms with Crippen LogP contribution in [-0.2, 0) is 4.74 Å². The zero-order valence-corrected chi connectivity index (χ0v) is 13.6. The number of rotatable bonds is 3. The summed E-state index contributed by atoms with van der Waals surface area (Å²) < 4.78 is 6.11. The molecule has 5 heteroatoms. The minimum Gasteiger partial charge on any atom is -0.384 e. The highest BCUT2D eigenvalue weighted by molar-refractivity contribution is 9.10. The van der Waals surface area contributed by atoms with Crippen LogP contribution < -0.4 is 5.32 Å². The van der Waals surface area contributed by atoms with Crippen LogP contribution in [0.3, 0.4) is 0 Å². The van der Waals surface area contributed by atoms with Crippen LogP contribution in [0.25, 0.3) is 0 Å². The first-order valence-electron chi connectivity index (χ1n) is 6.91. The topological polar surface area (TPSA) is 41.6 Å². The summed E-state index contributed by atoms with van der Waals surface area (Å²) in [7, 11) is 1.71. The maximum absolute atomic E-state index is 12.3. The van der Waals surface area contributed by atoms with Gasteiger partial charge in [-0.2, -0.15) is 0 Å². The van der Waals surface area contributed by atoms with Crippen molar-refractivity contribution in [3.05, 3.63) is 28.2 Å². The number of anilines is 1. The number of aryl methyl sites for hydroxylation is 1. The summed E-state index contributed by atoms with van der Waals surface area (Å²) in [6.07, 6.45) is 2.17. The van der Waals surface area contributed by atoms with Gasteiger partial charge in [0.15, 0.2) is 0 Å². The fourth-order valence-corrected chi connectivity index (χ4v) is 3.13. The molecule has 1 fully saturated rings. The van der Waals surface area contributed by atoms with Gasteiger partial charge >= 0.3 is 6.03 Å². The fourth-order valence-electron chi connectivity index (χ4n) is 2.54. The molecule has 0 aliphatic carbocycles. The zero-order chi connectivity index (χ0) is 14.5. The fraction of sp³-hybridized carbons (Fsp3) is 0.533. The Kier molecular flexibility index (Phi) is 5.43. The Hall–Kier alpha value is -1.07. The Bertz CT molecular complexity index is 477.